The monoisotopic (exact) mass is 656 g/mol. The second-order valence-electron chi connectivity index (χ2n) is 10.8. The minimum atomic E-state index is -5.08. The number of carboxylic acid groups (broad SMARTS) is 1. The molecule has 1 amide bonds. The second kappa shape index (κ2) is 13.0. The van der Waals surface area contributed by atoms with Gasteiger partial charge in [0.1, 0.15) is 6.54 Å². The summed E-state index contributed by atoms with van der Waals surface area (Å²) in [5.74, 6) is -2.85. The van der Waals surface area contributed by atoms with Gasteiger partial charge in [-0.1, -0.05) is 23.7 Å². The molecule has 46 heavy (non-hydrogen) atoms. The molecule has 0 atom stereocenters. The summed E-state index contributed by atoms with van der Waals surface area (Å²) in [6, 6.07) is 11.7. The average Bonchev–Trinajstić information content (AvgIpc) is 3.48. The van der Waals surface area contributed by atoms with E-state index >= 15 is 0 Å². The molecule has 0 bridgehead atoms. The lowest BCUT2D eigenvalue weighted by Gasteiger charge is -2.18. The molecule has 1 saturated carbocycles. The van der Waals surface area contributed by atoms with Crippen LogP contribution in [0.1, 0.15) is 24.1 Å². The first-order valence-corrected chi connectivity index (χ1v) is 14.3. The van der Waals surface area contributed by atoms with E-state index in [4.69, 9.17) is 21.5 Å². The third kappa shape index (κ3) is 7.54. The Bertz CT molecular complexity index is 1900. The molecule has 0 unspecified atom stereocenters. The minimum Gasteiger partial charge on any atom is -0.475 e. The van der Waals surface area contributed by atoms with Gasteiger partial charge >= 0.3 is 12.1 Å². The van der Waals surface area contributed by atoms with Crippen LogP contribution in [-0.4, -0.2) is 59.0 Å². The number of aromatic amines is 1. The van der Waals surface area contributed by atoms with Crippen LogP contribution in [0.4, 0.5) is 19.0 Å². The van der Waals surface area contributed by atoms with E-state index in [0.717, 1.165) is 29.4 Å². The predicted octanol–water partition coefficient (Wildman–Crippen LogP) is 4.27. The number of nitrogens with zero attached hydrogens (tertiary/aromatic N) is 5. The Morgan fingerprint density at radius 1 is 1.13 bits per heavy atom. The van der Waals surface area contributed by atoms with Gasteiger partial charge in [0, 0.05) is 64.8 Å². The Balaban J connectivity index is 0.000000537. The molecule has 12 nitrogen and oxygen atoms in total. The van der Waals surface area contributed by atoms with Crippen molar-refractivity contribution in [2.45, 2.75) is 37.5 Å². The number of carbonyl (C=O) groups is 2. The minimum absolute atomic E-state index is 0.0575. The number of hydrogen-bond donors (Lipinski definition) is 4. The number of nitrogens with one attached hydrogen (secondary N) is 3. The van der Waals surface area contributed by atoms with E-state index in [1.807, 2.05) is 36.4 Å². The molecule has 0 radical (unpaired) electrons. The van der Waals surface area contributed by atoms with E-state index in [0.29, 0.717) is 29.4 Å². The van der Waals surface area contributed by atoms with Crippen LogP contribution in [-0.2, 0) is 35.1 Å². The molecular formula is C30H28ClF3N8O4. The summed E-state index contributed by atoms with van der Waals surface area (Å²) >= 11 is 6.06. The number of amides is 1. The fourth-order valence-electron chi connectivity index (χ4n) is 4.85. The number of alkyl halides is 3. The van der Waals surface area contributed by atoms with E-state index in [-0.39, 0.29) is 29.2 Å². The van der Waals surface area contributed by atoms with Crippen molar-refractivity contribution < 1.29 is 27.9 Å². The van der Waals surface area contributed by atoms with Crippen LogP contribution in [0.2, 0.25) is 5.02 Å². The first kappa shape index (κ1) is 32.2. The molecule has 4 aromatic heterocycles. The topological polar surface area (TPSA) is 160 Å². The highest BCUT2D eigenvalue weighted by Crippen LogP contribution is 2.48. The number of rotatable bonds is 9. The molecule has 0 aliphatic heterocycles. The van der Waals surface area contributed by atoms with Crippen molar-refractivity contribution in [2.75, 3.05) is 11.9 Å². The van der Waals surface area contributed by atoms with Crippen molar-refractivity contribution in [3.8, 4) is 11.3 Å². The quantitative estimate of drug-likeness (QED) is 0.183. The summed E-state index contributed by atoms with van der Waals surface area (Å²) in [6.07, 6.45) is 5.46. The zero-order valence-corrected chi connectivity index (χ0v) is 25.1. The Labute approximate surface area is 264 Å². The summed E-state index contributed by atoms with van der Waals surface area (Å²) in [7, 11) is 1.80. The van der Waals surface area contributed by atoms with Crippen LogP contribution in [0, 0.1) is 0 Å². The predicted molar refractivity (Wildman–Crippen MR) is 163 cm³/mol. The van der Waals surface area contributed by atoms with Gasteiger partial charge in [0.15, 0.2) is 5.82 Å². The molecule has 1 aromatic carbocycles. The number of aromatic nitrogens is 6. The molecule has 4 heterocycles. The van der Waals surface area contributed by atoms with E-state index in [1.165, 1.54) is 10.1 Å². The summed E-state index contributed by atoms with van der Waals surface area (Å²) in [5, 5.41) is 19.2. The number of carboxylic acids is 1. The molecule has 1 aliphatic rings. The largest absolute Gasteiger partial charge is 0.490 e. The normalized spacial score (nSPS) is 13.5. The first-order chi connectivity index (χ1) is 21.8. The highest BCUT2D eigenvalue weighted by Gasteiger charge is 2.44. The molecular weight excluding hydrogens is 629 g/mol. The van der Waals surface area contributed by atoms with Gasteiger partial charge in [-0.25, -0.2) is 9.78 Å². The van der Waals surface area contributed by atoms with E-state index in [9.17, 15) is 22.8 Å². The van der Waals surface area contributed by atoms with Gasteiger partial charge in [0.25, 0.3) is 5.56 Å². The summed E-state index contributed by atoms with van der Waals surface area (Å²) in [6.45, 7) is 0.694. The van der Waals surface area contributed by atoms with Gasteiger partial charge in [-0.2, -0.15) is 18.3 Å². The Hall–Kier alpha value is -5.18. The molecule has 1 aliphatic carbocycles. The standard InChI is InChI=1S/C28H27ClN8O2.C2HF3O2/c1-36-15-19(12-34-36)24-14-32-26(33-17-28(7-8-28)20-2-4-21(29)5-3-20)27(39)37(24)16-25(38)31-13-22-10-18-11-30-9-6-23(18)35-22;3-2(4,5)1(6)7/h2-6,9-12,14-15,35H,7-8,13,16-17H2,1H3,(H,31,38)(H,32,33);(H,6,7). The lowest BCUT2D eigenvalue weighted by Crippen LogP contribution is -2.35. The number of hydrogen-bond acceptors (Lipinski definition) is 7. The Morgan fingerprint density at radius 3 is 2.46 bits per heavy atom. The summed E-state index contributed by atoms with van der Waals surface area (Å²) in [4.78, 5) is 47.4. The van der Waals surface area contributed by atoms with Gasteiger partial charge in [-0.15, -0.1) is 0 Å². The van der Waals surface area contributed by atoms with Gasteiger partial charge in [0.05, 0.1) is 24.6 Å². The number of H-pyrrole nitrogens is 1. The number of fused-ring (bicyclic) bond motifs is 1. The van der Waals surface area contributed by atoms with Gasteiger partial charge in [0.2, 0.25) is 5.91 Å². The maximum absolute atomic E-state index is 13.6. The number of aryl methyl sites for hydroxylation is 1. The highest BCUT2D eigenvalue weighted by molar-refractivity contribution is 6.30. The molecule has 6 rings (SSSR count). The van der Waals surface area contributed by atoms with E-state index < -0.39 is 12.1 Å². The van der Waals surface area contributed by atoms with Crippen molar-refractivity contribution in [1.82, 2.24) is 34.6 Å². The van der Waals surface area contributed by atoms with Crippen molar-refractivity contribution >= 4 is 40.2 Å². The highest BCUT2D eigenvalue weighted by atomic mass is 35.5. The number of anilines is 1. The molecule has 0 spiro atoms. The first-order valence-electron chi connectivity index (χ1n) is 13.9. The van der Waals surface area contributed by atoms with Crippen molar-refractivity contribution in [2.24, 2.45) is 7.05 Å². The third-order valence-corrected chi connectivity index (χ3v) is 7.71. The summed E-state index contributed by atoms with van der Waals surface area (Å²) in [5.41, 5.74) is 3.77. The van der Waals surface area contributed by atoms with Gasteiger partial charge in [-0.05, 0) is 42.7 Å². The number of halogens is 4. The van der Waals surface area contributed by atoms with Crippen LogP contribution in [0.5, 0.6) is 0 Å². The van der Waals surface area contributed by atoms with Crippen LogP contribution in [0.25, 0.3) is 22.2 Å². The molecule has 4 N–H and O–H groups in total. The van der Waals surface area contributed by atoms with Crippen molar-refractivity contribution in [1.29, 1.82) is 0 Å². The van der Waals surface area contributed by atoms with Crippen molar-refractivity contribution in [3.05, 3.63) is 94.0 Å². The number of carbonyl (C=O) groups excluding carboxylic acids is 1. The maximum Gasteiger partial charge on any atom is 0.490 e. The number of benzene rings is 1. The molecule has 16 heteroatoms. The van der Waals surface area contributed by atoms with Crippen LogP contribution >= 0.6 is 11.6 Å². The number of aliphatic carboxylic acids is 1. The third-order valence-electron chi connectivity index (χ3n) is 7.46. The second-order valence-corrected chi connectivity index (χ2v) is 11.2. The zero-order valence-electron chi connectivity index (χ0n) is 24.3. The van der Waals surface area contributed by atoms with Gasteiger partial charge in [-0.3, -0.25) is 23.8 Å². The number of pyridine rings is 1. The lowest BCUT2D eigenvalue weighted by atomic mass is 9.96. The lowest BCUT2D eigenvalue weighted by molar-refractivity contribution is -0.192. The molecule has 5 aromatic rings. The maximum atomic E-state index is 13.6. The van der Waals surface area contributed by atoms with E-state index in [2.05, 4.69) is 30.7 Å². The Morgan fingerprint density at radius 2 is 1.85 bits per heavy atom. The zero-order chi connectivity index (χ0) is 33.1. The van der Waals surface area contributed by atoms with Crippen molar-refractivity contribution in [3.63, 3.8) is 0 Å². The molecule has 240 valence electrons. The van der Waals surface area contributed by atoms with Gasteiger partial charge < -0.3 is 20.7 Å². The smallest absolute Gasteiger partial charge is 0.475 e. The Kier molecular flexibility index (Phi) is 9.14. The summed E-state index contributed by atoms with van der Waals surface area (Å²) < 4.78 is 34.8. The van der Waals surface area contributed by atoms with E-state index in [1.54, 1.807) is 42.7 Å². The average molecular weight is 657 g/mol. The molecule has 0 saturated heterocycles. The molecule has 1 fully saturated rings. The van der Waals surface area contributed by atoms with Crippen LogP contribution < -0.4 is 16.2 Å². The van der Waals surface area contributed by atoms with Crippen LogP contribution in [0.15, 0.2) is 72.2 Å². The fourth-order valence-corrected chi connectivity index (χ4v) is 4.97. The fraction of sp³-hybridized carbons (Fsp3) is 0.267. The SMILES string of the molecule is Cn1cc(-c2cnc(NCC3(c4ccc(Cl)cc4)CC3)c(=O)n2CC(=O)NCc2cc3cnccc3[nH]2)cn1.O=C(O)C(F)(F)F. The van der Waals surface area contributed by atoms with Crippen LogP contribution in [0.3, 0.4) is 0 Å².